The molecule has 0 N–H and O–H groups in total. The summed E-state index contributed by atoms with van der Waals surface area (Å²) in [6.45, 7) is 0. The number of aromatic nitrogens is 1. The van der Waals surface area contributed by atoms with E-state index in [9.17, 15) is 0 Å². The summed E-state index contributed by atoms with van der Waals surface area (Å²) in [5.41, 5.74) is 11.8. The first-order valence-electron chi connectivity index (χ1n) is 5.89. The van der Waals surface area contributed by atoms with E-state index in [1.807, 2.05) is 60.7 Å². The Morgan fingerprint density at radius 1 is 0.947 bits per heavy atom. The zero-order chi connectivity index (χ0) is 13.1. The van der Waals surface area contributed by atoms with Gasteiger partial charge in [-0.2, -0.15) is 0 Å². The van der Waals surface area contributed by atoms with Gasteiger partial charge in [0.1, 0.15) is 0 Å². The predicted molar refractivity (Wildman–Crippen MR) is 76.0 cm³/mol. The van der Waals surface area contributed by atoms with Crippen molar-refractivity contribution in [2.24, 2.45) is 5.11 Å². The molecule has 4 nitrogen and oxygen atoms in total. The number of rotatable bonds is 2. The number of para-hydroxylation sites is 1. The molecule has 0 aliphatic rings. The third kappa shape index (κ3) is 2.12. The predicted octanol–water partition coefficient (Wildman–Crippen LogP) is 4.84. The molecular formula is C15H10N4. The Hall–Kier alpha value is -2.84. The third-order valence-electron chi connectivity index (χ3n) is 2.90. The number of hydrogen-bond acceptors (Lipinski definition) is 2. The van der Waals surface area contributed by atoms with Crippen molar-refractivity contribution in [3.8, 4) is 11.3 Å². The van der Waals surface area contributed by atoms with Crippen LogP contribution in [0.2, 0.25) is 0 Å². The van der Waals surface area contributed by atoms with Crippen LogP contribution in [0, 0.1) is 0 Å². The molecule has 4 heteroatoms. The zero-order valence-electron chi connectivity index (χ0n) is 10.1. The van der Waals surface area contributed by atoms with Gasteiger partial charge in [0.15, 0.2) is 0 Å². The van der Waals surface area contributed by atoms with Crippen molar-refractivity contribution in [3.05, 3.63) is 71.1 Å². The number of azide groups is 1. The molecule has 3 rings (SSSR count). The molecule has 0 bridgehead atoms. The smallest absolute Gasteiger partial charge is 0.0805 e. The molecule has 0 radical (unpaired) electrons. The fourth-order valence-corrected chi connectivity index (χ4v) is 2.04. The van der Waals surface area contributed by atoms with E-state index in [2.05, 4.69) is 15.0 Å². The Morgan fingerprint density at radius 2 is 1.68 bits per heavy atom. The first-order chi connectivity index (χ1) is 9.38. The summed E-state index contributed by atoms with van der Waals surface area (Å²) in [6, 6.07) is 19.4. The van der Waals surface area contributed by atoms with E-state index in [-0.39, 0.29) is 0 Å². The molecule has 0 saturated heterocycles. The number of fused-ring (bicyclic) bond motifs is 1. The summed E-state index contributed by atoms with van der Waals surface area (Å²) in [5, 5.41) is 4.71. The minimum Gasteiger partial charge on any atom is -0.247 e. The number of pyridine rings is 1. The van der Waals surface area contributed by atoms with Crippen LogP contribution in [0.4, 0.5) is 5.69 Å². The first-order valence-corrected chi connectivity index (χ1v) is 5.89. The van der Waals surface area contributed by atoms with Gasteiger partial charge in [0, 0.05) is 15.9 Å². The van der Waals surface area contributed by atoms with E-state index in [4.69, 9.17) is 5.53 Å². The molecule has 3 aromatic rings. The highest BCUT2D eigenvalue weighted by atomic mass is 15.1. The molecule has 0 aliphatic carbocycles. The maximum atomic E-state index is 8.69. The van der Waals surface area contributed by atoms with Gasteiger partial charge in [-0.1, -0.05) is 53.6 Å². The summed E-state index contributed by atoms with van der Waals surface area (Å²) in [5.74, 6) is 0. The van der Waals surface area contributed by atoms with Crippen molar-refractivity contribution in [1.82, 2.24) is 4.98 Å². The Morgan fingerprint density at radius 3 is 2.47 bits per heavy atom. The number of nitrogens with zero attached hydrogens (tertiary/aromatic N) is 4. The molecule has 0 unspecified atom stereocenters. The van der Waals surface area contributed by atoms with Crippen LogP contribution < -0.4 is 0 Å². The molecule has 0 spiro atoms. The molecule has 0 amide bonds. The third-order valence-corrected chi connectivity index (χ3v) is 2.90. The topological polar surface area (TPSA) is 61.7 Å². The molecule has 1 aromatic heterocycles. The van der Waals surface area contributed by atoms with E-state index in [1.165, 1.54) is 0 Å². The molecule has 90 valence electrons. The average Bonchev–Trinajstić information content (AvgIpc) is 2.48. The molecule has 0 atom stereocenters. The molecule has 1 heterocycles. The minimum absolute atomic E-state index is 0.549. The van der Waals surface area contributed by atoms with Crippen molar-refractivity contribution in [2.75, 3.05) is 0 Å². The second-order valence-electron chi connectivity index (χ2n) is 4.10. The lowest BCUT2D eigenvalue weighted by molar-refractivity contribution is 1.35. The molecule has 2 aromatic carbocycles. The van der Waals surface area contributed by atoms with Crippen LogP contribution in [-0.2, 0) is 0 Å². The minimum atomic E-state index is 0.549. The SMILES string of the molecule is [N-]=[N+]=Nc1cc2ccccc2nc1-c1ccccc1. The van der Waals surface area contributed by atoms with Crippen LogP contribution in [0.5, 0.6) is 0 Å². The van der Waals surface area contributed by atoms with Crippen molar-refractivity contribution in [2.45, 2.75) is 0 Å². The second-order valence-corrected chi connectivity index (χ2v) is 4.10. The Labute approximate surface area is 110 Å². The van der Waals surface area contributed by atoms with Crippen LogP contribution in [0.1, 0.15) is 0 Å². The van der Waals surface area contributed by atoms with Gasteiger partial charge in [-0.25, -0.2) is 4.98 Å². The van der Waals surface area contributed by atoms with Crippen LogP contribution in [0.15, 0.2) is 65.8 Å². The van der Waals surface area contributed by atoms with Crippen molar-refractivity contribution >= 4 is 16.6 Å². The molecule has 0 fully saturated rings. The molecule has 0 saturated carbocycles. The van der Waals surface area contributed by atoms with E-state index < -0.39 is 0 Å². The van der Waals surface area contributed by atoms with Crippen LogP contribution >= 0.6 is 0 Å². The molecule has 19 heavy (non-hydrogen) atoms. The summed E-state index contributed by atoms with van der Waals surface area (Å²) in [6.07, 6.45) is 0. The Bertz CT molecular complexity index is 775. The lowest BCUT2D eigenvalue weighted by atomic mass is 10.1. The van der Waals surface area contributed by atoms with E-state index in [0.29, 0.717) is 11.4 Å². The highest BCUT2D eigenvalue weighted by molar-refractivity contribution is 5.87. The van der Waals surface area contributed by atoms with Crippen LogP contribution in [0.25, 0.3) is 32.6 Å². The van der Waals surface area contributed by atoms with Crippen LogP contribution in [0.3, 0.4) is 0 Å². The van der Waals surface area contributed by atoms with Gasteiger partial charge in [-0.15, -0.1) is 0 Å². The van der Waals surface area contributed by atoms with Gasteiger partial charge in [0.05, 0.1) is 16.9 Å². The standard InChI is InChI=1S/C15H10N4/c16-19-18-14-10-12-8-4-5-9-13(12)17-15(14)11-6-2-1-3-7-11/h1-10H. The highest BCUT2D eigenvalue weighted by Crippen LogP contribution is 2.31. The highest BCUT2D eigenvalue weighted by Gasteiger charge is 2.07. The Balaban J connectivity index is 2.32. The van der Waals surface area contributed by atoms with Gasteiger partial charge < -0.3 is 0 Å². The number of hydrogen-bond donors (Lipinski definition) is 0. The van der Waals surface area contributed by atoms with Gasteiger partial charge in [-0.05, 0) is 17.7 Å². The second kappa shape index (κ2) is 4.80. The lowest BCUT2D eigenvalue weighted by Crippen LogP contribution is -1.86. The maximum absolute atomic E-state index is 8.69. The van der Waals surface area contributed by atoms with Gasteiger partial charge in [0.25, 0.3) is 0 Å². The molecular weight excluding hydrogens is 236 g/mol. The lowest BCUT2D eigenvalue weighted by Gasteiger charge is -2.06. The van der Waals surface area contributed by atoms with E-state index >= 15 is 0 Å². The normalized spacial score (nSPS) is 10.1. The number of benzene rings is 2. The average molecular weight is 246 g/mol. The monoisotopic (exact) mass is 246 g/mol. The van der Waals surface area contributed by atoms with E-state index in [0.717, 1.165) is 16.5 Å². The van der Waals surface area contributed by atoms with Gasteiger partial charge >= 0.3 is 0 Å². The fourth-order valence-electron chi connectivity index (χ4n) is 2.04. The van der Waals surface area contributed by atoms with Gasteiger partial charge in [-0.3, -0.25) is 0 Å². The van der Waals surface area contributed by atoms with Crippen LogP contribution in [-0.4, -0.2) is 4.98 Å². The summed E-state index contributed by atoms with van der Waals surface area (Å²) in [7, 11) is 0. The quantitative estimate of drug-likeness (QED) is 0.362. The Kier molecular flexibility index (Phi) is 2.85. The first kappa shape index (κ1) is 11.3. The zero-order valence-corrected chi connectivity index (χ0v) is 10.1. The maximum Gasteiger partial charge on any atom is 0.0805 e. The van der Waals surface area contributed by atoms with E-state index in [1.54, 1.807) is 0 Å². The van der Waals surface area contributed by atoms with Gasteiger partial charge in [0.2, 0.25) is 0 Å². The van der Waals surface area contributed by atoms with Crippen molar-refractivity contribution < 1.29 is 0 Å². The summed E-state index contributed by atoms with van der Waals surface area (Å²) < 4.78 is 0. The molecule has 0 aliphatic heterocycles. The largest absolute Gasteiger partial charge is 0.247 e. The fraction of sp³-hybridized carbons (Fsp3) is 0. The van der Waals surface area contributed by atoms with Crippen molar-refractivity contribution in [1.29, 1.82) is 0 Å². The van der Waals surface area contributed by atoms with Crippen molar-refractivity contribution in [3.63, 3.8) is 0 Å². The summed E-state index contributed by atoms with van der Waals surface area (Å²) in [4.78, 5) is 7.48. The summed E-state index contributed by atoms with van der Waals surface area (Å²) >= 11 is 0.